The van der Waals surface area contributed by atoms with Gasteiger partial charge in [-0.15, -0.1) is 15.3 Å². The van der Waals surface area contributed by atoms with Gasteiger partial charge >= 0.3 is 0 Å². The smallest absolute Gasteiger partial charge is 0.192 e. The largest absolute Gasteiger partial charge is 0.484 e. The van der Waals surface area contributed by atoms with Crippen LogP contribution in [0.3, 0.4) is 0 Å². The fourth-order valence-corrected chi connectivity index (χ4v) is 2.47. The van der Waals surface area contributed by atoms with Crippen molar-refractivity contribution in [1.29, 1.82) is 0 Å². The standard InChI is InChI=1S/C17H13ClN6O/c18-12-3-1-4-13(9-12)20-15-6-7-16-21-22-17(24(16)23-15)11-25-14-5-2-8-19-10-14/h1-10H,11H2,(H,20,23). The SMILES string of the molecule is Clc1cccc(Nc2ccc3nnc(COc4cccnc4)n3n2)c1. The highest BCUT2D eigenvalue weighted by atomic mass is 35.5. The van der Waals surface area contributed by atoms with Crippen LogP contribution in [-0.4, -0.2) is 24.8 Å². The minimum atomic E-state index is 0.237. The number of nitrogens with zero attached hydrogens (tertiary/aromatic N) is 5. The maximum atomic E-state index is 6.01. The van der Waals surface area contributed by atoms with Crippen LogP contribution in [0.4, 0.5) is 11.5 Å². The molecule has 8 heteroatoms. The molecule has 7 nitrogen and oxygen atoms in total. The Morgan fingerprint density at radius 2 is 2.04 bits per heavy atom. The Kier molecular flexibility index (Phi) is 4.14. The second-order valence-electron chi connectivity index (χ2n) is 5.22. The molecule has 0 fully saturated rings. The molecule has 124 valence electrons. The van der Waals surface area contributed by atoms with Crippen LogP contribution < -0.4 is 10.1 Å². The average molecular weight is 353 g/mol. The number of benzene rings is 1. The highest BCUT2D eigenvalue weighted by Gasteiger charge is 2.09. The highest BCUT2D eigenvalue weighted by molar-refractivity contribution is 6.30. The van der Waals surface area contributed by atoms with Crippen molar-refractivity contribution >= 4 is 28.8 Å². The lowest BCUT2D eigenvalue weighted by Gasteiger charge is -2.07. The van der Waals surface area contributed by atoms with Crippen LogP contribution in [-0.2, 0) is 6.61 Å². The Morgan fingerprint density at radius 1 is 1.08 bits per heavy atom. The number of hydrogen-bond acceptors (Lipinski definition) is 6. The monoisotopic (exact) mass is 352 g/mol. The molecular weight excluding hydrogens is 340 g/mol. The molecule has 0 spiro atoms. The van der Waals surface area contributed by atoms with E-state index in [1.807, 2.05) is 48.5 Å². The summed E-state index contributed by atoms with van der Waals surface area (Å²) < 4.78 is 7.31. The van der Waals surface area contributed by atoms with Gasteiger partial charge in [-0.2, -0.15) is 4.52 Å². The summed E-state index contributed by atoms with van der Waals surface area (Å²) in [6.07, 6.45) is 3.33. The molecule has 0 saturated heterocycles. The lowest BCUT2D eigenvalue weighted by molar-refractivity contribution is 0.291. The van der Waals surface area contributed by atoms with Gasteiger partial charge in [0.15, 0.2) is 17.3 Å². The molecule has 0 aliphatic carbocycles. The van der Waals surface area contributed by atoms with Gasteiger partial charge in [0.05, 0.1) is 6.20 Å². The van der Waals surface area contributed by atoms with Crippen molar-refractivity contribution in [2.45, 2.75) is 6.61 Å². The van der Waals surface area contributed by atoms with E-state index in [9.17, 15) is 0 Å². The topological polar surface area (TPSA) is 77.2 Å². The Labute approximate surface area is 148 Å². The summed E-state index contributed by atoms with van der Waals surface area (Å²) in [5.41, 5.74) is 1.49. The first-order valence-corrected chi connectivity index (χ1v) is 7.92. The molecule has 0 radical (unpaired) electrons. The normalized spacial score (nSPS) is 10.8. The summed E-state index contributed by atoms with van der Waals surface area (Å²) >= 11 is 6.01. The minimum Gasteiger partial charge on any atom is -0.484 e. The van der Waals surface area contributed by atoms with Crippen molar-refractivity contribution in [2.75, 3.05) is 5.32 Å². The summed E-state index contributed by atoms with van der Waals surface area (Å²) in [6.45, 7) is 0.237. The second-order valence-corrected chi connectivity index (χ2v) is 5.65. The van der Waals surface area contributed by atoms with Crippen LogP contribution in [0.1, 0.15) is 5.82 Å². The minimum absolute atomic E-state index is 0.237. The summed E-state index contributed by atoms with van der Waals surface area (Å²) in [5.74, 6) is 1.90. The molecule has 0 unspecified atom stereocenters. The number of aromatic nitrogens is 5. The van der Waals surface area contributed by atoms with Gasteiger partial charge < -0.3 is 10.1 Å². The van der Waals surface area contributed by atoms with E-state index in [1.165, 1.54) is 0 Å². The van der Waals surface area contributed by atoms with Crippen molar-refractivity contribution in [1.82, 2.24) is 24.8 Å². The van der Waals surface area contributed by atoms with Crippen LogP contribution in [0.15, 0.2) is 60.9 Å². The van der Waals surface area contributed by atoms with Crippen molar-refractivity contribution < 1.29 is 4.74 Å². The Bertz CT molecular complexity index is 1000. The van der Waals surface area contributed by atoms with Crippen LogP contribution in [0.25, 0.3) is 5.65 Å². The van der Waals surface area contributed by atoms with Gasteiger partial charge in [-0.1, -0.05) is 17.7 Å². The number of hydrogen-bond donors (Lipinski definition) is 1. The van der Waals surface area contributed by atoms with Crippen LogP contribution >= 0.6 is 11.6 Å². The first-order chi connectivity index (χ1) is 12.3. The summed E-state index contributed by atoms with van der Waals surface area (Å²) in [4.78, 5) is 4.01. The first kappa shape index (κ1) is 15.3. The molecular formula is C17H13ClN6O. The predicted molar refractivity (Wildman–Crippen MR) is 94.1 cm³/mol. The molecule has 0 amide bonds. The summed E-state index contributed by atoms with van der Waals surface area (Å²) in [6, 6.07) is 14.7. The van der Waals surface area contributed by atoms with Gasteiger partial charge in [-0.05, 0) is 42.5 Å². The second kappa shape index (κ2) is 6.74. The van der Waals surface area contributed by atoms with E-state index in [-0.39, 0.29) is 6.61 Å². The molecule has 0 atom stereocenters. The quantitative estimate of drug-likeness (QED) is 0.592. The molecule has 0 aliphatic heterocycles. The molecule has 0 aliphatic rings. The highest BCUT2D eigenvalue weighted by Crippen LogP contribution is 2.19. The van der Waals surface area contributed by atoms with Crippen LogP contribution in [0.2, 0.25) is 5.02 Å². The summed E-state index contributed by atoms with van der Waals surface area (Å²) in [7, 11) is 0. The van der Waals surface area contributed by atoms with Gasteiger partial charge in [0.2, 0.25) is 0 Å². The van der Waals surface area contributed by atoms with E-state index in [0.29, 0.717) is 28.1 Å². The molecule has 4 rings (SSSR count). The van der Waals surface area contributed by atoms with E-state index in [4.69, 9.17) is 16.3 Å². The first-order valence-electron chi connectivity index (χ1n) is 7.55. The van der Waals surface area contributed by atoms with E-state index < -0.39 is 0 Å². The summed E-state index contributed by atoms with van der Waals surface area (Å²) in [5, 5.41) is 16.6. The zero-order valence-electron chi connectivity index (χ0n) is 13.0. The third-order valence-electron chi connectivity index (χ3n) is 3.43. The maximum absolute atomic E-state index is 6.01. The van der Waals surface area contributed by atoms with E-state index in [0.717, 1.165) is 5.69 Å². The predicted octanol–water partition coefficient (Wildman–Crippen LogP) is 3.50. The van der Waals surface area contributed by atoms with Gasteiger partial charge in [0.25, 0.3) is 0 Å². The molecule has 25 heavy (non-hydrogen) atoms. The number of nitrogens with one attached hydrogen (secondary N) is 1. The number of rotatable bonds is 5. The Balaban J connectivity index is 1.57. The fourth-order valence-electron chi connectivity index (χ4n) is 2.28. The lowest BCUT2D eigenvalue weighted by Crippen LogP contribution is -2.05. The van der Waals surface area contributed by atoms with Gasteiger partial charge in [0.1, 0.15) is 12.4 Å². The van der Waals surface area contributed by atoms with Gasteiger partial charge in [-0.3, -0.25) is 4.98 Å². The number of anilines is 2. The lowest BCUT2D eigenvalue weighted by atomic mass is 10.3. The third-order valence-corrected chi connectivity index (χ3v) is 3.66. The molecule has 0 bridgehead atoms. The van der Waals surface area contributed by atoms with Gasteiger partial charge in [0, 0.05) is 16.9 Å². The van der Waals surface area contributed by atoms with Crippen molar-refractivity contribution in [2.24, 2.45) is 0 Å². The third kappa shape index (κ3) is 3.51. The van der Waals surface area contributed by atoms with Crippen molar-refractivity contribution in [3.8, 4) is 5.75 Å². The fraction of sp³-hybridized carbons (Fsp3) is 0.0588. The molecule has 0 saturated carbocycles. The average Bonchev–Trinajstić information content (AvgIpc) is 3.03. The van der Waals surface area contributed by atoms with E-state index >= 15 is 0 Å². The van der Waals surface area contributed by atoms with E-state index in [2.05, 4.69) is 25.6 Å². The Morgan fingerprint density at radius 3 is 2.88 bits per heavy atom. The van der Waals surface area contributed by atoms with Crippen LogP contribution in [0, 0.1) is 0 Å². The van der Waals surface area contributed by atoms with Crippen molar-refractivity contribution in [3.05, 3.63) is 71.8 Å². The van der Waals surface area contributed by atoms with Gasteiger partial charge in [-0.25, -0.2) is 0 Å². The molecule has 1 aromatic carbocycles. The van der Waals surface area contributed by atoms with Crippen molar-refractivity contribution in [3.63, 3.8) is 0 Å². The van der Waals surface area contributed by atoms with Crippen LogP contribution in [0.5, 0.6) is 5.75 Å². The zero-order chi connectivity index (χ0) is 17.1. The Hall–Kier alpha value is -3.19. The zero-order valence-corrected chi connectivity index (χ0v) is 13.8. The number of halogens is 1. The number of fused-ring (bicyclic) bond motifs is 1. The molecule has 4 aromatic rings. The van der Waals surface area contributed by atoms with E-state index in [1.54, 1.807) is 16.9 Å². The number of pyridine rings is 1. The molecule has 3 heterocycles. The molecule has 3 aromatic heterocycles. The maximum Gasteiger partial charge on any atom is 0.192 e. The molecule has 1 N–H and O–H groups in total. The number of ether oxygens (including phenoxy) is 1.